The number of rotatable bonds is 3. The molecule has 0 heterocycles. The second-order valence-corrected chi connectivity index (χ2v) is 6.68. The van der Waals surface area contributed by atoms with E-state index >= 15 is 0 Å². The van der Waals surface area contributed by atoms with Gasteiger partial charge in [0.15, 0.2) is 4.45 Å². The number of hydrogen-bond donors (Lipinski definition) is 2. The molecule has 0 aliphatic heterocycles. The molecular formula is C10H10BrNS3. The maximum Gasteiger partial charge on any atom is 0.173 e. The maximum atomic E-state index is 4.65. The molecule has 15 heavy (non-hydrogen) atoms. The van der Waals surface area contributed by atoms with Gasteiger partial charge in [-0.05, 0) is 24.7 Å². The lowest BCUT2D eigenvalue weighted by atomic mass is 10.0. The fourth-order valence-corrected chi connectivity index (χ4v) is 2.13. The van der Waals surface area contributed by atoms with E-state index in [0.717, 1.165) is 5.56 Å². The van der Waals surface area contributed by atoms with Crippen LogP contribution >= 0.6 is 53.4 Å². The van der Waals surface area contributed by atoms with Gasteiger partial charge < -0.3 is 0 Å². The minimum Gasteiger partial charge on any atom is -0.207 e. The third-order valence-corrected chi connectivity index (χ3v) is 4.76. The first-order valence-electron chi connectivity index (χ1n) is 4.20. The van der Waals surface area contributed by atoms with Crippen molar-refractivity contribution in [2.75, 3.05) is 0 Å². The zero-order valence-electron chi connectivity index (χ0n) is 8.01. The Kier molecular flexibility index (Phi) is 4.44. The maximum absolute atomic E-state index is 4.65. The average Bonchev–Trinajstić information content (AvgIpc) is 2.18. The number of thiocarbonyl (C=S) groups is 1. The van der Waals surface area contributed by atoms with Crippen LogP contribution < -0.4 is 0 Å². The van der Waals surface area contributed by atoms with E-state index in [9.17, 15) is 0 Å². The fourth-order valence-electron chi connectivity index (χ4n) is 1.17. The number of benzene rings is 1. The molecule has 1 rings (SSSR count). The zero-order valence-corrected chi connectivity index (χ0v) is 12.2. The summed E-state index contributed by atoms with van der Waals surface area (Å²) in [6, 6.07) is 9.67. The summed E-state index contributed by atoms with van der Waals surface area (Å²) >= 11 is 17.0. The Morgan fingerprint density at radius 3 is 2.27 bits per heavy atom. The molecule has 0 radical (unpaired) electrons. The van der Waals surface area contributed by atoms with Crippen LogP contribution in [0.2, 0.25) is 0 Å². The number of hydrogen-bond acceptors (Lipinski definition) is 4. The molecule has 0 N–H and O–H groups in total. The Morgan fingerprint density at radius 2 is 1.87 bits per heavy atom. The lowest BCUT2D eigenvalue weighted by Gasteiger charge is -2.34. The van der Waals surface area contributed by atoms with Gasteiger partial charge in [0.05, 0.1) is 9.24 Å². The Bertz CT molecular complexity index is 381. The Labute approximate surface area is 114 Å². The van der Waals surface area contributed by atoms with Crippen LogP contribution in [0.4, 0.5) is 0 Å². The second kappa shape index (κ2) is 5.02. The minimum absolute atomic E-state index is 0.680. The van der Waals surface area contributed by atoms with E-state index in [0.29, 0.717) is 0 Å². The number of isothiocyanates is 1. The summed E-state index contributed by atoms with van der Waals surface area (Å²) in [6.07, 6.45) is 0. The Balaban J connectivity index is 3.32. The number of alkyl halides is 1. The van der Waals surface area contributed by atoms with Gasteiger partial charge in [-0.25, -0.2) is 4.99 Å². The Hall–Kier alpha value is 0.200. The van der Waals surface area contributed by atoms with Crippen molar-refractivity contribution >= 4 is 58.6 Å². The first kappa shape index (κ1) is 13.3. The van der Waals surface area contributed by atoms with Crippen molar-refractivity contribution in [3.63, 3.8) is 0 Å². The highest BCUT2D eigenvalue weighted by Gasteiger charge is 2.43. The van der Waals surface area contributed by atoms with Gasteiger partial charge >= 0.3 is 0 Å². The van der Waals surface area contributed by atoms with Crippen LogP contribution in [0.1, 0.15) is 12.5 Å². The highest BCUT2D eigenvalue weighted by atomic mass is 79.9. The molecule has 0 saturated carbocycles. The highest BCUT2D eigenvalue weighted by molar-refractivity contribution is 9.09. The van der Waals surface area contributed by atoms with Crippen LogP contribution in [0, 0.1) is 0 Å². The highest BCUT2D eigenvalue weighted by Crippen LogP contribution is 2.48. The van der Waals surface area contributed by atoms with Gasteiger partial charge in [0.25, 0.3) is 0 Å². The van der Waals surface area contributed by atoms with Crippen molar-refractivity contribution in [1.82, 2.24) is 0 Å². The summed E-state index contributed by atoms with van der Waals surface area (Å²) in [5.74, 6) is 0. The second-order valence-electron chi connectivity index (χ2n) is 3.21. The summed E-state index contributed by atoms with van der Waals surface area (Å²) in [5.41, 5.74) is 0.940. The lowest BCUT2D eigenvalue weighted by molar-refractivity contribution is 0.639. The van der Waals surface area contributed by atoms with Gasteiger partial charge in [-0.2, -0.15) is 25.3 Å². The molecule has 0 aliphatic carbocycles. The normalized spacial score (nSPS) is 15.2. The van der Waals surface area contributed by atoms with Crippen LogP contribution in [0.25, 0.3) is 0 Å². The predicted molar refractivity (Wildman–Crippen MR) is 78.5 cm³/mol. The smallest absolute Gasteiger partial charge is 0.173 e. The van der Waals surface area contributed by atoms with E-state index in [1.165, 1.54) is 0 Å². The SMILES string of the molecule is CC(S)(S)C(Br)(N=C=S)c1ccccc1. The largest absolute Gasteiger partial charge is 0.207 e. The molecule has 0 amide bonds. The molecular weight excluding hydrogens is 310 g/mol. The predicted octanol–water partition coefficient (Wildman–Crippen LogP) is 3.91. The van der Waals surface area contributed by atoms with E-state index in [1.807, 2.05) is 37.3 Å². The fraction of sp³-hybridized carbons (Fsp3) is 0.300. The molecule has 1 atom stereocenters. The first-order valence-corrected chi connectivity index (χ1v) is 6.29. The summed E-state index contributed by atoms with van der Waals surface area (Å²) in [6.45, 7) is 1.84. The molecule has 1 unspecified atom stereocenters. The molecule has 5 heteroatoms. The van der Waals surface area contributed by atoms with E-state index in [4.69, 9.17) is 0 Å². The molecule has 1 nitrogen and oxygen atoms in total. The molecule has 0 saturated heterocycles. The van der Waals surface area contributed by atoms with Crippen molar-refractivity contribution in [2.24, 2.45) is 4.99 Å². The van der Waals surface area contributed by atoms with Gasteiger partial charge in [0.1, 0.15) is 0 Å². The van der Waals surface area contributed by atoms with Crippen LogP contribution in [-0.2, 0) is 4.45 Å². The topological polar surface area (TPSA) is 12.4 Å². The van der Waals surface area contributed by atoms with Gasteiger partial charge in [-0.3, -0.25) is 0 Å². The van der Waals surface area contributed by atoms with Crippen molar-refractivity contribution < 1.29 is 0 Å². The van der Waals surface area contributed by atoms with Gasteiger partial charge in [0.2, 0.25) is 0 Å². The van der Waals surface area contributed by atoms with Crippen LogP contribution in [-0.4, -0.2) is 9.24 Å². The number of nitrogens with zero attached hydrogens (tertiary/aromatic N) is 1. The Morgan fingerprint density at radius 1 is 1.33 bits per heavy atom. The minimum atomic E-state index is -0.769. The van der Waals surface area contributed by atoms with E-state index in [2.05, 4.69) is 63.6 Å². The lowest BCUT2D eigenvalue weighted by Crippen LogP contribution is -2.34. The van der Waals surface area contributed by atoms with Gasteiger partial charge in [0, 0.05) is 0 Å². The van der Waals surface area contributed by atoms with Crippen LogP contribution in [0.5, 0.6) is 0 Å². The van der Waals surface area contributed by atoms with Crippen molar-refractivity contribution in [2.45, 2.75) is 15.5 Å². The molecule has 0 aromatic heterocycles. The third kappa shape index (κ3) is 2.86. The molecule has 1 aromatic rings. The van der Waals surface area contributed by atoms with Crippen LogP contribution in [0.15, 0.2) is 35.3 Å². The molecule has 0 aliphatic rings. The number of thiol groups is 2. The molecule has 0 spiro atoms. The quantitative estimate of drug-likeness (QED) is 0.215. The van der Waals surface area contributed by atoms with Crippen molar-refractivity contribution in [3.05, 3.63) is 35.9 Å². The van der Waals surface area contributed by atoms with Crippen molar-refractivity contribution in [3.8, 4) is 0 Å². The summed E-state index contributed by atoms with van der Waals surface area (Å²) in [7, 11) is 0. The zero-order chi connectivity index (χ0) is 11.5. The van der Waals surface area contributed by atoms with Gasteiger partial charge in [-0.15, -0.1) is 0 Å². The summed E-state index contributed by atoms with van der Waals surface area (Å²) < 4.78 is -1.45. The molecule has 1 aromatic carbocycles. The van der Waals surface area contributed by atoms with Crippen LogP contribution in [0.3, 0.4) is 0 Å². The molecule has 0 bridgehead atoms. The van der Waals surface area contributed by atoms with E-state index in [-0.39, 0.29) is 0 Å². The monoisotopic (exact) mass is 319 g/mol. The summed E-state index contributed by atoms with van der Waals surface area (Å²) in [4.78, 5) is 4.13. The standard InChI is InChI=1S/C10H10BrNS3/c1-9(14,15)10(11,12-7-13)8-5-3-2-4-6-8/h2-6,14-15H,1H3. The molecule has 80 valence electrons. The first-order chi connectivity index (χ1) is 6.92. The third-order valence-electron chi connectivity index (χ3n) is 1.98. The van der Waals surface area contributed by atoms with Crippen molar-refractivity contribution in [1.29, 1.82) is 0 Å². The average molecular weight is 320 g/mol. The molecule has 0 fully saturated rings. The number of aliphatic imine (C=N–C) groups is 1. The van der Waals surface area contributed by atoms with E-state index < -0.39 is 8.53 Å². The van der Waals surface area contributed by atoms with Gasteiger partial charge in [-0.1, -0.05) is 46.3 Å². The van der Waals surface area contributed by atoms with E-state index in [1.54, 1.807) is 0 Å². The number of halogens is 1. The summed E-state index contributed by atoms with van der Waals surface area (Å²) in [5, 5.41) is 2.38.